The number of carbonyl (C=O) groups excluding carboxylic acids is 2. The molecule has 4 rings (SSSR count). The molecule has 0 aliphatic heterocycles. The number of rotatable bonds is 8. The van der Waals surface area contributed by atoms with Crippen LogP contribution in [0, 0.1) is 5.92 Å². The number of nitrogens with one attached hydrogen (secondary N) is 1. The molecule has 1 fully saturated rings. The predicted molar refractivity (Wildman–Crippen MR) is 124 cm³/mol. The summed E-state index contributed by atoms with van der Waals surface area (Å²) < 4.78 is 10.9. The van der Waals surface area contributed by atoms with Crippen molar-refractivity contribution in [2.24, 2.45) is 5.92 Å². The van der Waals surface area contributed by atoms with E-state index in [1.165, 1.54) is 23.8 Å². The maximum absolute atomic E-state index is 12.1. The molecular weight excluding hydrogens is 402 g/mol. The van der Waals surface area contributed by atoms with Crippen molar-refractivity contribution in [2.45, 2.75) is 56.8 Å². The van der Waals surface area contributed by atoms with E-state index in [1.807, 2.05) is 36.4 Å². The summed E-state index contributed by atoms with van der Waals surface area (Å²) in [6.45, 7) is 0.948. The molecule has 1 spiro atoms. The highest BCUT2D eigenvalue weighted by molar-refractivity contribution is 5.76. The van der Waals surface area contributed by atoms with Crippen LogP contribution in [0.25, 0.3) is 0 Å². The maximum Gasteiger partial charge on any atom is 0.308 e. The molecule has 1 saturated carbocycles. The van der Waals surface area contributed by atoms with Gasteiger partial charge in [-0.1, -0.05) is 36.4 Å². The van der Waals surface area contributed by atoms with Crippen LogP contribution in [0.15, 0.2) is 48.5 Å². The Labute approximate surface area is 190 Å². The molecule has 2 aliphatic carbocycles. The molecule has 32 heavy (non-hydrogen) atoms. The van der Waals surface area contributed by atoms with Crippen LogP contribution in [0.2, 0.25) is 0 Å². The quantitative estimate of drug-likeness (QED) is 0.494. The summed E-state index contributed by atoms with van der Waals surface area (Å²) in [4.78, 5) is 24.0. The van der Waals surface area contributed by atoms with E-state index in [2.05, 4.69) is 17.4 Å². The Morgan fingerprint density at radius 3 is 2.59 bits per heavy atom. The van der Waals surface area contributed by atoms with Gasteiger partial charge in [0.15, 0.2) is 0 Å². The Hall–Kier alpha value is -2.82. The standard InChI is InChI=1S/C27H33NO4/c1-31-26(30)22-12-15-27(16-13-22)14-11-21-8-9-23(19-24(21)27)32-18-17-28-25(29)10-7-20-5-3-2-4-6-20/h2-6,8-9,19,22H,7,10-18H2,1H3,(H,28,29). The van der Waals surface area contributed by atoms with Crippen LogP contribution >= 0.6 is 0 Å². The minimum absolute atomic E-state index is 0.0413. The Morgan fingerprint density at radius 1 is 1.06 bits per heavy atom. The molecule has 0 heterocycles. The number of esters is 1. The Balaban J connectivity index is 1.25. The maximum atomic E-state index is 12.1. The van der Waals surface area contributed by atoms with Crippen molar-refractivity contribution >= 4 is 11.9 Å². The van der Waals surface area contributed by atoms with Gasteiger partial charge in [0.25, 0.3) is 0 Å². The molecule has 170 valence electrons. The molecule has 0 radical (unpaired) electrons. The fourth-order valence-corrected chi connectivity index (χ4v) is 5.31. The van der Waals surface area contributed by atoms with E-state index in [9.17, 15) is 9.59 Å². The zero-order chi connectivity index (χ0) is 22.4. The number of hydrogen-bond acceptors (Lipinski definition) is 4. The summed E-state index contributed by atoms with van der Waals surface area (Å²) in [7, 11) is 1.48. The van der Waals surface area contributed by atoms with Gasteiger partial charge >= 0.3 is 5.97 Å². The molecule has 2 aromatic carbocycles. The second kappa shape index (κ2) is 10.2. The summed E-state index contributed by atoms with van der Waals surface area (Å²) in [6.07, 6.45) is 7.32. The third-order valence-corrected chi connectivity index (χ3v) is 7.18. The van der Waals surface area contributed by atoms with Crippen molar-refractivity contribution in [3.05, 3.63) is 65.2 Å². The van der Waals surface area contributed by atoms with Crippen molar-refractivity contribution in [2.75, 3.05) is 20.3 Å². The van der Waals surface area contributed by atoms with Crippen LogP contribution in [0.1, 0.15) is 55.2 Å². The second-order valence-corrected chi connectivity index (χ2v) is 9.08. The fourth-order valence-electron chi connectivity index (χ4n) is 5.31. The molecule has 1 N–H and O–H groups in total. The molecule has 2 aromatic rings. The lowest BCUT2D eigenvalue weighted by Crippen LogP contribution is -2.32. The first-order valence-electron chi connectivity index (χ1n) is 11.7. The molecule has 0 aromatic heterocycles. The largest absolute Gasteiger partial charge is 0.492 e. The van der Waals surface area contributed by atoms with Crippen molar-refractivity contribution in [3.63, 3.8) is 0 Å². The second-order valence-electron chi connectivity index (χ2n) is 9.08. The van der Waals surface area contributed by atoms with Crippen LogP contribution in [0.5, 0.6) is 5.75 Å². The number of carbonyl (C=O) groups is 2. The van der Waals surface area contributed by atoms with E-state index >= 15 is 0 Å². The number of hydrogen-bond donors (Lipinski definition) is 1. The van der Waals surface area contributed by atoms with Gasteiger partial charge in [-0.25, -0.2) is 0 Å². The zero-order valence-electron chi connectivity index (χ0n) is 18.9. The van der Waals surface area contributed by atoms with E-state index in [0.29, 0.717) is 19.6 Å². The van der Waals surface area contributed by atoms with Crippen LogP contribution in [-0.4, -0.2) is 32.1 Å². The molecule has 0 bridgehead atoms. The van der Waals surface area contributed by atoms with Crippen LogP contribution < -0.4 is 10.1 Å². The molecule has 2 aliphatic rings. The van der Waals surface area contributed by atoms with Crippen molar-refractivity contribution in [1.29, 1.82) is 0 Å². The smallest absolute Gasteiger partial charge is 0.308 e. The van der Waals surface area contributed by atoms with E-state index in [1.54, 1.807) is 0 Å². The van der Waals surface area contributed by atoms with Gasteiger partial charge in [0.1, 0.15) is 12.4 Å². The zero-order valence-corrected chi connectivity index (χ0v) is 18.9. The van der Waals surface area contributed by atoms with Crippen LogP contribution in [-0.2, 0) is 32.6 Å². The highest BCUT2D eigenvalue weighted by Gasteiger charge is 2.43. The lowest BCUT2D eigenvalue weighted by atomic mass is 9.67. The molecule has 1 amide bonds. The van der Waals surface area contributed by atoms with Gasteiger partial charge in [-0.3, -0.25) is 9.59 Å². The molecule has 0 unspecified atom stereocenters. The van der Waals surface area contributed by atoms with Crippen LogP contribution in [0.3, 0.4) is 0 Å². The van der Waals surface area contributed by atoms with Crippen molar-refractivity contribution in [1.82, 2.24) is 5.32 Å². The Kier molecular flexibility index (Phi) is 7.13. The van der Waals surface area contributed by atoms with E-state index in [0.717, 1.165) is 50.7 Å². The van der Waals surface area contributed by atoms with E-state index in [4.69, 9.17) is 9.47 Å². The molecule has 5 nitrogen and oxygen atoms in total. The molecule has 0 atom stereocenters. The first kappa shape index (κ1) is 22.4. The minimum Gasteiger partial charge on any atom is -0.492 e. The summed E-state index contributed by atoms with van der Waals surface area (Å²) in [5, 5.41) is 2.95. The number of ether oxygens (including phenoxy) is 2. The Morgan fingerprint density at radius 2 is 1.84 bits per heavy atom. The van der Waals surface area contributed by atoms with Gasteiger partial charge in [0, 0.05) is 6.42 Å². The first-order chi connectivity index (χ1) is 15.6. The van der Waals surface area contributed by atoms with Gasteiger partial charge in [0.05, 0.1) is 19.6 Å². The monoisotopic (exact) mass is 435 g/mol. The third kappa shape index (κ3) is 5.14. The summed E-state index contributed by atoms with van der Waals surface area (Å²) in [5.41, 5.74) is 4.14. The van der Waals surface area contributed by atoms with Gasteiger partial charge in [-0.05, 0) is 79.2 Å². The fraction of sp³-hybridized carbons (Fsp3) is 0.481. The van der Waals surface area contributed by atoms with Gasteiger partial charge < -0.3 is 14.8 Å². The molecule has 0 saturated heterocycles. The lowest BCUT2D eigenvalue weighted by Gasteiger charge is -2.37. The van der Waals surface area contributed by atoms with E-state index in [-0.39, 0.29) is 23.2 Å². The third-order valence-electron chi connectivity index (χ3n) is 7.18. The van der Waals surface area contributed by atoms with Gasteiger partial charge in [-0.2, -0.15) is 0 Å². The number of methoxy groups -OCH3 is 1. The first-order valence-corrected chi connectivity index (χ1v) is 11.7. The van der Waals surface area contributed by atoms with E-state index < -0.39 is 0 Å². The number of aryl methyl sites for hydroxylation is 2. The lowest BCUT2D eigenvalue weighted by molar-refractivity contribution is -0.147. The summed E-state index contributed by atoms with van der Waals surface area (Å²) in [5.74, 6) is 0.881. The van der Waals surface area contributed by atoms with Crippen molar-refractivity contribution < 1.29 is 19.1 Å². The summed E-state index contributed by atoms with van der Waals surface area (Å²) in [6, 6.07) is 16.5. The highest BCUT2D eigenvalue weighted by Crippen LogP contribution is 2.50. The minimum atomic E-state index is -0.0685. The number of amides is 1. The highest BCUT2D eigenvalue weighted by atomic mass is 16.5. The summed E-state index contributed by atoms with van der Waals surface area (Å²) >= 11 is 0. The predicted octanol–water partition coefficient (Wildman–Crippen LogP) is 4.36. The molecular formula is C27H33NO4. The SMILES string of the molecule is COC(=O)C1CCC2(CCc3ccc(OCCNC(=O)CCc4ccccc4)cc32)CC1. The number of fused-ring (bicyclic) bond motifs is 2. The molecule has 5 heteroatoms. The van der Waals surface area contributed by atoms with Gasteiger partial charge in [0.2, 0.25) is 5.91 Å². The Bertz CT molecular complexity index is 932. The normalized spacial score (nSPS) is 21.7. The van der Waals surface area contributed by atoms with Crippen LogP contribution in [0.4, 0.5) is 0 Å². The average Bonchev–Trinajstić information content (AvgIpc) is 3.18. The average molecular weight is 436 g/mol. The van der Waals surface area contributed by atoms with Gasteiger partial charge in [-0.15, -0.1) is 0 Å². The number of benzene rings is 2. The van der Waals surface area contributed by atoms with Crippen molar-refractivity contribution in [3.8, 4) is 5.75 Å². The topological polar surface area (TPSA) is 64.6 Å².